The highest BCUT2D eigenvalue weighted by Gasteiger charge is 2.33. The van der Waals surface area contributed by atoms with Crippen molar-refractivity contribution in [3.05, 3.63) is 0 Å². The minimum absolute atomic E-state index is 0.153. The molecule has 0 N–H and O–H groups in total. The molecular formula is C19H35N3O2. The number of piperazine rings is 1. The molecule has 0 bridgehead atoms. The predicted molar refractivity (Wildman–Crippen MR) is 96.1 cm³/mol. The summed E-state index contributed by atoms with van der Waals surface area (Å²) in [5.41, 5.74) is 0. The number of ether oxygens (including phenoxy) is 1. The first-order valence-electron chi connectivity index (χ1n) is 10.1. The van der Waals surface area contributed by atoms with Crippen molar-refractivity contribution in [1.82, 2.24) is 14.7 Å². The number of carbonyl (C=O) groups is 1. The van der Waals surface area contributed by atoms with Gasteiger partial charge in [-0.05, 0) is 44.7 Å². The summed E-state index contributed by atoms with van der Waals surface area (Å²) in [7, 11) is 0. The van der Waals surface area contributed by atoms with Crippen molar-refractivity contribution in [3.63, 3.8) is 0 Å². The fourth-order valence-corrected chi connectivity index (χ4v) is 4.35. The lowest BCUT2D eigenvalue weighted by molar-refractivity contribution is -0.140. The van der Waals surface area contributed by atoms with Crippen LogP contribution in [0.5, 0.6) is 0 Å². The molecule has 0 radical (unpaired) electrons. The smallest absolute Gasteiger partial charge is 0.240 e. The SMILES string of the molecule is CCCCN1CCCCC1C(=O)N1CCN(CC2CCOC2)CC1. The van der Waals surface area contributed by atoms with Gasteiger partial charge in [-0.2, -0.15) is 0 Å². The molecule has 0 saturated carbocycles. The summed E-state index contributed by atoms with van der Waals surface area (Å²) in [6.45, 7) is 11.3. The van der Waals surface area contributed by atoms with E-state index in [9.17, 15) is 4.79 Å². The zero-order valence-electron chi connectivity index (χ0n) is 15.4. The van der Waals surface area contributed by atoms with Crippen molar-refractivity contribution >= 4 is 5.91 Å². The largest absolute Gasteiger partial charge is 0.381 e. The van der Waals surface area contributed by atoms with Crippen LogP contribution in [0.4, 0.5) is 0 Å². The molecule has 5 nitrogen and oxygen atoms in total. The molecule has 2 unspecified atom stereocenters. The highest BCUT2D eigenvalue weighted by atomic mass is 16.5. The van der Waals surface area contributed by atoms with E-state index in [1.807, 2.05) is 0 Å². The second kappa shape index (κ2) is 9.16. The van der Waals surface area contributed by atoms with E-state index in [0.29, 0.717) is 11.8 Å². The maximum Gasteiger partial charge on any atom is 0.240 e. The highest BCUT2D eigenvalue weighted by Crippen LogP contribution is 2.21. The minimum atomic E-state index is 0.153. The van der Waals surface area contributed by atoms with Crippen molar-refractivity contribution in [2.45, 2.75) is 51.5 Å². The van der Waals surface area contributed by atoms with Gasteiger partial charge in [0.05, 0.1) is 12.6 Å². The Morgan fingerprint density at radius 2 is 1.92 bits per heavy atom. The van der Waals surface area contributed by atoms with E-state index in [4.69, 9.17) is 4.74 Å². The molecule has 0 spiro atoms. The van der Waals surface area contributed by atoms with Crippen LogP contribution in [0.25, 0.3) is 0 Å². The number of piperidine rings is 1. The van der Waals surface area contributed by atoms with Crippen LogP contribution in [-0.2, 0) is 9.53 Å². The monoisotopic (exact) mass is 337 g/mol. The maximum atomic E-state index is 13.0. The van der Waals surface area contributed by atoms with Crippen LogP contribution in [-0.4, -0.2) is 85.7 Å². The summed E-state index contributed by atoms with van der Waals surface area (Å²) >= 11 is 0. The minimum Gasteiger partial charge on any atom is -0.381 e. The summed E-state index contributed by atoms with van der Waals surface area (Å²) in [5, 5.41) is 0. The quantitative estimate of drug-likeness (QED) is 0.741. The number of carbonyl (C=O) groups excluding carboxylic acids is 1. The third kappa shape index (κ3) is 4.70. The molecule has 3 saturated heterocycles. The van der Waals surface area contributed by atoms with Gasteiger partial charge in [-0.25, -0.2) is 0 Å². The Balaban J connectivity index is 1.46. The molecule has 0 aromatic rings. The van der Waals surface area contributed by atoms with Crippen LogP contribution < -0.4 is 0 Å². The van der Waals surface area contributed by atoms with E-state index in [-0.39, 0.29) is 6.04 Å². The lowest BCUT2D eigenvalue weighted by atomic mass is 10.00. The fourth-order valence-electron chi connectivity index (χ4n) is 4.35. The molecule has 2 atom stereocenters. The Labute approximate surface area is 147 Å². The van der Waals surface area contributed by atoms with Gasteiger partial charge in [0.15, 0.2) is 0 Å². The predicted octanol–water partition coefficient (Wildman–Crippen LogP) is 1.82. The van der Waals surface area contributed by atoms with Crippen molar-refractivity contribution in [3.8, 4) is 0 Å². The molecule has 3 aliphatic heterocycles. The Kier molecular flexibility index (Phi) is 6.93. The van der Waals surface area contributed by atoms with E-state index >= 15 is 0 Å². The van der Waals surface area contributed by atoms with Crippen molar-refractivity contribution in [2.24, 2.45) is 5.92 Å². The van der Waals surface area contributed by atoms with Gasteiger partial charge in [0, 0.05) is 39.3 Å². The van der Waals surface area contributed by atoms with Gasteiger partial charge in [0.25, 0.3) is 0 Å². The van der Waals surface area contributed by atoms with E-state index in [1.54, 1.807) is 0 Å². The summed E-state index contributed by atoms with van der Waals surface area (Å²) < 4.78 is 5.48. The Hall–Kier alpha value is -0.650. The topological polar surface area (TPSA) is 36.0 Å². The Bertz CT molecular complexity index is 390. The summed E-state index contributed by atoms with van der Waals surface area (Å²) in [5.74, 6) is 1.10. The second-order valence-corrected chi connectivity index (χ2v) is 7.76. The van der Waals surface area contributed by atoms with E-state index in [0.717, 1.165) is 65.4 Å². The number of hydrogen-bond donors (Lipinski definition) is 0. The first kappa shape index (κ1) is 18.2. The molecule has 24 heavy (non-hydrogen) atoms. The molecule has 5 heteroatoms. The van der Waals surface area contributed by atoms with Crippen LogP contribution in [0.3, 0.4) is 0 Å². The number of amides is 1. The van der Waals surface area contributed by atoms with E-state index < -0.39 is 0 Å². The van der Waals surface area contributed by atoms with E-state index in [2.05, 4.69) is 21.6 Å². The summed E-state index contributed by atoms with van der Waals surface area (Å²) in [6, 6.07) is 0.153. The average Bonchev–Trinajstić information content (AvgIpc) is 3.13. The first-order valence-corrected chi connectivity index (χ1v) is 10.1. The average molecular weight is 338 g/mol. The van der Waals surface area contributed by atoms with Gasteiger partial charge in [0.1, 0.15) is 0 Å². The molecule has 3 heterocycles. The van der Waals surface area contributed by atoms with E-state index in [1.165, 1.54) is 32.1 Å². The third-order valence-corrected chi connectivity index (χ3v) is 5.92. The molecule has 3 fully saturated rings. The molecular weight excluding hydrogens is 302 g/mol. The van der Waals surface area contributed by atoms with Crippen LogP contribution >= 0.6 is 0 Å². The van der Waals surface area contributed by atoms with Crippen LogP contribution in [0.1, 0.15) is 45.4 Å². The summed E-state index contributed by atoms with van der Waals surface area (Å²) in [6.07, 6.45) is 7.14. The summed E-state index contributed by atoms with van der Waals surface area (Å²) in [4.78, 5) is 20.1. The van der Waals surface area contributed by atoms with Gasteiger partial charge in [0.2, 0.25) is 5.91 Å². The number of unbranched alkanes of at least 4 members (excludes halogenated alkanes) is 1. The van der Waals surface area contributed by atoms with Gasteiger partial charge >= 0.3 is 0 Å². The standard InChI is InChI=1S/C19H35N3O2/c1-2-3-8-21-9-5-4-6-18(21)19(23)22-12-10-20(11-13-22)15-17-7-14-24-16-17/h17-18H,2-16H2,1H3. The molecule has 138 valence electrons. The Morgan fingerprint density at radius 3 is 2.62 bits per heavy atom. The van der Waals surface area contributed by atoms with Gasteiger partial charge < -0.3 is 9.64 Å². The number of hydrogen-bond acceptors (Lipinski definition) is 4. The molecule has 0 aromatic heterocycles. The zero-order chi connectivity index (χ0) is 16.8. The van der Waals surface area contributed by atoms with Gasteiger partial charge in [-0.1, -0.05) is 19.8 Å². The Morgan fingerprint density at radius 1 is 1.08 bits per heavy atom. The fraction of sp³-hybridized carbons (Fsp3) is 0.947. The lowest BCUT2D eigenvalue weighted by Gasteiger charge is -2.41. The normalized spacial score (nSPS) is 30.0. The molecule has 3 aliphatic rings. The van der Waals surface area contributed by atoms with Crippen LogP contribution in [0.15, 0.2) is 0 Å². The van der Waals surface area contributed by atoms with Crippen molar-refractivity contribution < 1.29 is 9.53 Å². The van der Waals surface area contributed by atoms with Crippen LogP contribution in [0, 0.1) is 5.92 Å². The van der Waals surface area contributed by atoms with Crippen molar-refractivity contribution in [1.29, 1.82) is 0 Å². The van der Waals surface area contributed by atoms with Gasteiger partial charge in [-0.15, -0.1) is 0 Å². The first-order chi connectivity index (χ1) is 11.8. The zero-order valence-corrected chi connectivity index (χ0v) is 15.4. The number of likely N-dealkylation sites (tertiary alicyclic amines) is 1. The third-order valence-electron chi connectivity index (χ3n) is 5.92. The maximum absolute atomic E-state index is 13.0. The van der Waals surface area contributed by atoms with Crippen molar-refractivity contribution in [2.75, 3.05) is 59.0 Å². The molecule has 0 aliphatic carbocycles. The van der Waals surface area contributed by atoms with Gasteiger partial charge in [-0.3, -0.25) is 14.6 Å². The molecule has 3 rings (SSSR count). The molecule has 0 aromatic carbocycles. The second-order valence-electron chi connectivity index (χ2n) is 7.76. The van der Waals surface area contributed by atoms with Crippen LogP contribution in [0.2, 0.25) is 0 Å². The molecule has 1 amide bonds. The lowest BCUT2D eigenvalue weighted by Crippen LogP contribution is -2.56. The highest BCUT2D eigenvalue weighted by molar-refractivity contribution is 5.82. The number of nitrogens with zero attached hydrogens (tertiary/aromatic N) is 3. The number of rotatable bonds is 6.